The summed E-state index contributed by atoms with van der Waals surface area (Å²) in [5, 5.41) is 3.71. The largest absolute Gasteiger partial charge is 0.379 e. The average Bonchev–Trinajstić information content (AvgIpc) is 2.75. The van der Waals surface area contributed by atoms with Crippen molar-refractivity contribution in [1.29, 1.82) is 0 Å². The van der Waals surface area contributed by atoms with Crippen LogP contribution in [0.4, 0.5) is 0 Å². The van der Waals surface area contributed by atoms with Crippen LogP contribution in [0.2, 0.25) is 0 Å². The van der Waals surface area contributed by atoms with Crippen LogP contribution in [-0.4, -0.2) is 50.3 Å². The Bertz CT molecular complexity index is 192. The van der Waals surface area contributed by atoms with Crippen molar-refractivity contribution in [1.82, 2.24) is 10.2 Å². The highest BCUT2D eigenvalue weighted by molar-refractivity contribution is 4.85. The number of morpholine rings is 1. The Morgan fingerprint density at radius 3 is 2.81 bits per heavy atom. The van der Waals surface area contributed by atoms with Gasteiger partial charge < -0.3 is 10.1 Å². The lowest BCUT2D eigenvalue weighted by molar-refractivity contribution is 0.0292. The SMILES string of the molecule is CCCNC1CCCC1CN1CCOCC1. The minimum Gasteiger partial charge on any atom is -0.379 e. The Balaban J connectivity index is 1.73. The topological polar surface area (TPSA) is 24.5 Å². The van der Waals surface area contributed by atoms with Crippen LogP contribution < -0.4 is 5.32 Å². The third-order valence-electron chi connectivity index (χ3n) is 3.91. The van der Waals surface area contributed by atoms with E-state index in [1.165, 1.54) is 38.8 Å². The van der Waals surface area contributed by atoms with E-state index in [2.05, 4.69) is 17.1 Å². The number of nitrogens with zero attached hydrogens (tertiary/aromatic N) is 1. The fraction of sp³-hybridized carbons (Fsp3) is 1.00. The van der Waals surface area contributed by atoms with E-state index in [-0.39, 0.29) is 0 Å². The Morgan fingerprint density at radius 1 is 1.25 bits per heavy atom. The molecule has 2 unspecified atom stereocenters. The molecule has 2 aliphatic rings. The molecule has 1 N–H and O–H groups in total. The Labute approximate surface area is 99.5 Å². The summed E-state index contributed by atoms with van der Waals surface area (Å²) in [6, 6.07) is 0.780. The van der Waals surface area contributed by atoms with Gasteiger partial charge in [-0.2, -0.15) is 0 Å². The lowest BCUT2D eigenvalue weighted by atomic mass is 10.0. The molecule has 0 aromatic rings. The quantitative estimate of drug-likeness (QED) is 0.768. The molecule has 94 valence electrons. The summed E-state index contributed by atoms with van der Waals surface area (Å²) >= 11 is 0. The summed E-state index contributed by atoms with van der Waals surface area (Å²) in [5.74, 6) is 0.879. The number of ether oxygens (including phenoxy) is 1. The predicted octanol–water partition coefficient (Wildman–Crippen LogP) is 1.49. The van der Waals surface area contributed by atoms with Gasteiger partial charge in [0.15, 0.2) is 0 Å². The van der Waals surface area contributed by atoms with Gasteiger partial charge in [0.05, 0.1) is 13.2 Å². The summed E-state index contributed by atoms with van der Waals surface area (Å²) in [6.45, 7) is 8.85. The van der Waals surface area contributed by atoms with Crippen molar-refractivity contribution in [2.75, 3.05) is 39.4 Å². The fourth-order valence-electron chi connectivity index (χ4n) is 2.97. The summed E-state index contributed by atoms with van der Waals surface area (Å²) in [7, 11) is 0. The smallest absolute Gasteiger partial charge is 0.0594 e. The van der Waals surface area contributed by atoms with Gasteiger partial charge in [0.25, 0.3) is 0 Å². The van der Waals surface area contributed by atoms with Gasteiger partial charge in [-0.3, -0.25) is 4.90 Å². The molecule has 3 nitrogen and oxygen atoms in total. The van der Waals surface area contributed by atoms with Crippen molar-refractivity contribution in [3.8, 4) is 0 Å². The highest BCUT2D eigenvalue weighted by Crippen LogP contribution is 2.26. The third-order valence-corrected chi connectivity index (χ3v) is 3.91. The molecule has 2 atom stereocenters. The molecule has 2 rings (SSSR count). The van der Waals surface area contributed by atoms with Gasteiger partial charge in [0.2, 0.25) is 0 Å². The maximum atomic E-state index is 5.40. The Morgan fingerprint density at radius 2 is 2.06 bits per heavy atom. The molecule has 0 aromatic carbocycles. The molecule has 0 spiro atoms. The lowest BCUT2D eigenvalue weighted by Gasteiger charge is -2.31. The molecule has 16 heavy (non-hydrogen) atoms. The van der Waals surface area contributed by atoms with Gasteiger partial charge in [-0.1, -0.05) is 13.3 Å². The summed E-state index contributed by atoms with van der Waals surface area (Å²) in [5.41, 5.74) is 0. The highest BCUT2D eigenvalue weighted by atomic mass is 16.5. The Kier molecular flexibility index (Phi) is 5.07. The summed E-state index contributed by atoms with van der Waals surface area (Å²) in [4.78, 5) is 2.58. The monoisotopic (exact) mass is 226 g/mol. The van der Waals surface area contributed by atoms with E-state index in [1.807, 2.05) is 0 Å². The van der Waals surface area contributed by atoms with Crippen molar-refractivity contribution in [3.05, 3.63) is 0 Å². The highest BCUT2D eigenvalue weighted by Gasteiger charge is 2.28. The standard InChI is InChI=1S/C13H26N2O/c1-2-6-14-13-5-3-4-12(13)11-15-7-9-16-10-8-15/h12-14H,2-11H2,1H3. The minimum absolute atomic E-state index is 0.780. The molecule has 0 amide bonds. The van der Waals surface area contributed by atoms with Crippen molar-refractivity contribution >= 4 is 0 Å². The zero-order valence-corrected chi connectivity index (χ0v) is 10.6. The number of hydrogen-bond acceptors (Lipinski definition) is 3. The van der Waals surface area contributed by atoms with Crippen LogP contribution in [-0.2, 0) is 4.74 Å². The maximum Gasteiger partial charge on any atom is 0.0594 e. The van der Waals surface area contributed by atoms with E-state index < -0.39 is 0 Å². The van der Waals surface area contributed by atoms with E-state index in [9.17, 15) is 0 Å². The minimum atomic E-state index is 0.780. The molecule has 0 bridgehead atoms. The van der Waals surface area contributed by atoms with Gasteiger partial charge in [0, 0.05) is 25.7 Å². The van der Waals surface area contributed by atoms with Crippen molar-refractivity contribution < 1.29 is 4.74 Å². The van der Waals surface area contributed by atoms with Crippen LogP contribution in [0.1, 0.15) is 32.6 Å². The first-order valence-electron chi connectivity index (χ1n) is 6.93. The van der Waals surface area contributed by atoms with E-state index in [4.69, 9.17) is 4.74 Å². The van der Waals surface area contributed by atoms with E-state index in [0.717, 1.165) is 38.3 Å². The zero-order valence-electron chi connectivity index (χ0n) is 10.6. The first kappa shape index (κ1) is 12.3. The molecule has 1 saturated heterocycles. The third kappa shape index (κ3) is 3.44. The second-order valence-electron chi connectivity index (χ2n) is 5.16. The molecule has 1 saturated carbocycles. The van der Waals surface area contributed by atoms with Crippen LogP contribution in [0.5, 0.6) is 0 Å². The van der Waals surface area contributed by atoms with Crippen LogP contribution in [0.3, 0.4) is 0 Å². The molecule has 0 aromatic heterocycles. The van der Waals surface area contributed by atoms with E-state index >= 15 is 0 Å². The number of nitrogens with one attached hydrogen (secondary N) is 1. The average molecular weight is 226 g/mol. The van der Waals surface area contributed by atoms with Gasteiger partial charge in [-0.25, -0.2) is 0 Å². The number of rotatable bonds is 5. The number of hydrogen-bond donors (Lipinski definition) is 1. The van der Waals surface area contributed by atoms with Gasteiger partial charge in [0.1, 0.15) is 0 Å². The Hall–Kier alpha value is -0.120. The van der Waals surface area contributed by atoms with Gasteiger partial charge in [-0.05, 0) is 31.7 Å². The molecule has 1 aliphatic heterocycles. The normalized spacial score (nSPS) is 32.1. The fourth-order valence-corrected chi connectivity index (χ4v) is 2.97. The molecule has 0 radical (unpaired) electrons. The molecule has 2 fully saturated rings. The maximum absolute atomic E-state index is 5.40. The summed E-state index contributed by atoms with van der Waals surface area (Å²) < 4.78 is 5.40. The second kappa shape index (κ2) is 6.58. The van der Waals surface area contributed by atoms with E-state index in [1.54, 1.807) is 0 Å². The molecular weight excluding hydrogens is 200 g/mol. The van der Waals surface area contributed by atoms with Crippen LogP contribution >= 0.6 is 0 Å². The first-order chi connectivity index (χ1) is 7.90. The molecule has 1 heterocycles. The van der Waals surface area contributed by atoms with Crippen LogP contribution in [0, 0.1) is 5.92 Å². The predicted molar refractivity (Wildman–Crippen MR) is 66.7 cm³/mol. The van der Waals surface area contributed by atoms with Crippen LogP contribution in [0.25, 0.3) is 0 Å². The molecule has 3 heteroatoms. The lowest BCUT2D eigenvalue weighted by Crippen LogP contribution is -2.43. The first-order valence-corrected chi connectivity index (χ1v) is 6.93. The summed E-state index contributed by atoms with van der Waals surface area (Å²) in [6.07, 6.45) is 5.46. The van der Waals surface area contributed by atoms with Crippen molar-refractivity contribution in [2.45, 2.75) is 38.6 Å². The second-order valence-corrected chi connectivity index (χ2v) is 5.16. The van der Waals surface area contributed by atoms with Crippen LogP contribution in [0.15, 0.2) is 0 Å². The zero-order chi connectivity index (χ0) is 11.2. The van der Waals surface area contributed by atoms with Gasteiger partial charge >= 0.3 is 0 Å². The molecule has 1 aliphatic carbocycles. The van der Waals surface area contributed by atoms with Gasteiger partial charge in [-0.15, -0.1) is 0 Å². The van der Waals surface area contributed by atoms with Crippen molar-refractivity contribution in [2.24, 2.45) is 5.92 Å². The van der Waals surface area contributed by atoms with Crippen molar-refractivity contribution in [3.63, 3.8) is 0 Å². The molecular formula is C13H26N2O. The van der Waals surface area contributed by atoms with E-state index in [0.29, 0.717) is 0 Å².